The van der Waals surface area contributed by atoms with E-state index in [0.717, 1.165) is 19.4 Å². The lowest BCUT2D eigenvalue weighted by Crippen LogP contribution is -2.08. The average molecular weight is 277 g/mol. The highest BCUT2D eigenvalue weighted by Crippen LogP contribution is 2.32. The van der Waals surface area contributed by atoms with Gasteiger partial charge in [-0.1, -0.05) is 13.3 Å². The fourth-order valence-corrected chi connectivity index (χ4v) is 2.02. The summed E-state index contributed by atoms with van der Waals surface area (Å²) in [6.07, 6.45) is 2.08. The topological polar surface area (TPSA) is 60.7 Å². The van der Waals surface area contributed by atoms with E-state index < -0.39 is 0 Å². The van der Waals surface area contributed by atoms with Gasteiger partial charge in [-0.05, 0) is 18.6 Å². The molecule has 0 spiro atoms. The van der Waals surface area contributed by atoms with Crippen LogP contribution in [-0.4, -0.2) is 20.8 Å². The number of hydrogen-bond acceptors (Lipinski definition) is 5. The van der Waals surface area contributed by atoms with E-state index in [4.69, 9.17) is 13.9 Å². The molecule has 2 aromatic rings. The predicted molar refractivity (Wildman–Crippen MR) is 79.0 cm³/mol. The molecule has 5 nitrogen and oxygen atoms in total. The summed E-state index contributed by atoms with van der Waals surface area (Å²) in [7, 11) is 3.06. The van der Waals surface area contributed by atoms with E-state index in [-0.39, 0.29) is 5.43 Å². The SMILES string of the molecule is CCCCNc1cc(=O)c2c(OC)ccc(OC)c2o1. The first kappa shape index (κ1) is 14.2. The van der Waals surface area contributed by atoms with Crippen molar-refractivity contribution < 1.29 is 13.9 Å². The number of fused-ring (bicyclic) bond motifs is 1. The first-order chi connectivity index (χ1) is 9.71. The first-order valence-corrected chi connectivity index (χ1v) is 6.64. The van der Waals surface area contributed by atoms with Crippen LogP contribution < -0.4 is 20.2 Å². The maximum absolute atomic E-state index is 12.2. The standard InChI is InChI=1S/C15H19NO4/c1-4-5-8-16-13-9-10(17)14-11(18-2)6-7-12(19-3)15(14)20-13/h6-7,9,16H,4-5,8H2,1-3H3. The normalized spacial score (nSPS) is 10.6. The molecule has 1 aromatic carbocycles. The van der Waals surface area contributed by atoms with E-state index in [0.29, 0.717) is 28.4 Å². The zero-order valence-electron chi connectivity index (χ0n) is 12.0. The van der Waals surface area contributed by atoms with Crippen molar-refractivity contribution in [3.63, 3.8) is 0 Å². The second kappa shape index (κ2) is 6.32. The van der Waals surface area contributed by atoms with Gasteiger partial charge in [0.15, 0.2) is 22.6 Å². The number of rotatable bonds is 6. The molecule has 20 heavy (non-hydrogen) atoms. The molecule has 0 aliphatic heterocycles. The molecule has 0 atom stereocenters. The van der Waals surface area contributed by atoms with Crippen LogP contribution in [0.25, 0.3) is 11.0 Å². The summed E-state index contributed by atoms with van der Waals surface area (Å²) in [5, 5.41) is 3.50. The summed E-state index contributed by atoms with van der Waals surface area (Å²) in [6.45, 7) is 2.86. The maximum Gasteiger partial charge on any atom is 0.198 e. The summed E-state index contributed by atoms with van der Waals surface area (Å²) in [5.74, 6) is 1.44. The van der Waals surface area contributed by atoms with Crippen molar-refractivity contribution in [3.8, 4) is 11.5 Å². The van der Waals surface area contributed by atoms with E-state index in [1.54, 1.807) is 19.2 Å². The van der Waals surface area contributed by atoms with Crippen molar-refractivity contribution in [2.75, 3.05) is 26.1 Å². The predicted octanol–water partition coefficient (Wildman–Crippen LogP) is 3.02. The zero-order valence-corrected chi connectivity index (χ0v) is 12.0. The highest BCUT2D eigenvalue weighted by atomic mass is 16.5. The first-order valence-electron chi connectivity index (χ1n) is 6.64. The Hall–Kier alpha value is -2.17. The quantitative estimate of drug-likeness (QED) is 0.822. The third-order valence-corrected chi connectivity index (χ3v) is 3.07. The van der Waals surface area contributed by atoms with E-state index in [2.05, 4.69) is 12.2 Å². The molecule has 0 saturated carbocycles. The lowest BCUT2D eigenvalue weighted by molar-refractivity contribution is 0.402. The molecule has 1 N–H and O–H groups in total. The number of nitrogens with one attached hydrogen (secondary N) is 1. The van der Waals surface area contributed by atoms with Gasteiger partial charge in [0.2, 0.25) is 0 Å². The van der Waals surface area contributed by atoms with Crippen LogP contribution in [0.3, 0.4) is 0 Å². The van der Waals surface area contributed by atoms with Gasteiger partial charge in [0, 0.05) is 12.6 Å². The zero-order chi connectivity index (χ0) is 14.5. The third kappa shape index (κ3) is 2.71. The molecule has 2 rings (SSSR count). The molecule has 0 aliphatic rings. The molecule has 5 heteroatoms. The van der Waals surface area contributed by atoms with Gasteiger partial charge in [-0.25, -0.2) is 0 Å². The molecule has 0 fully saturated rings. The van der Waals surface area contributed by atoms with Crippen LogP contribution in [-0.2, 0) is 0 Å². The lowest BCUT2D eigenvalue weighted by atomic mass is 10.2. The minimum Gasteiger partial charge on any atom is -0.496 e. The monoisotopic (exact) mass is 277 g/mol. The molecule has 0 unspecified atom stereocenters. The number of anilines is 1. The van der Waals surface area contributed by atoms with Crippen LogP contribution in [0.4, 0.5) is 5.88 Å². The van der Waals surface area contributed by atoms with Gasteiger partial charge in [-0.15, -0.1) is 0 Å². The van der Waals surface area contributed by atoms with Gasteiger partial charge < -0.3 is 19.2 Å². The Morgan fingerprint density at radius 3 is 2.55 bits per heavy atom. The average Bonchev–Trinajstić information content (AvgIpc) is 2.46. The number of methoxy groups -OCH3 is 2. The van der Waals surface area contributed by atoms with E-state index in [1.807, 2.05) is 0 Å². The highest BCUT2D eigenvalue weighted by Gasteiger charge is 2.14. The summed E-state index contributed by atoms with van der Waals surface area (Å²) >= 11 is 0. The number of ether oxygens (including phenoxy) is 2. The summed E-state index contributed by atoms with van der Waals surface area (Å²) in [4.78, 5) is 12.2. The Labute approximate surface area is 117 Å². The Balaban J connectivity index is 2.54. The number of hydrogen-bond donors (Lipinski definition) is 1. The smallest absolute Gasteiger partial charge is 0.198 e. The minimum atomic E-state index is -0.152. The highest BCUT2D eigenvalue weighted by molar-refractivity contribution is 5.89. The minimum absolute atomic E-state index is 0.152. The second-order valence-corrected chi connectivity index (χ2v) is 4.43. The molecular weight excluding hydrogens is 258 g/mol. The summed E-state index contributed by atoms with van der Waals surface area (Å²) in [5.41, 5.74) is 0.249. The molecule has 0 aliphatic carbocycles. The van der Waals surface area contributed by atoms with E-state index >= 15 is 0 Å². The second-order valence-electron chi connectivity index (χ2n) is 4.43. The van der Waals surface area contributed by atoms with Crippen molar-refractivity contribution in [3.05, 3.63) is 28.4 Å². The number of benzene rings is 1. The van der Waals surface area contributed by atoms with Crippen molar-refractivity contribution in [1.82, 2.24) is 0 Å². The molecule has 0 radical (unpaired) electrons. The Morgan fingerprint density at radius 2 is 1.90 bits per heavy atom. The van der Waals surface area contributed by atoms with Crippen LogP contribution in [0, 0.1) is 0 Å². The Morgan fingerprint density at radius 1 is 1.20 bits per heavy atom. The van der Waals surface area contributed by atoms with Gasteiger partial charge in [0.25, 0.3) is 0 Å². The fourth-order valence-electron chi connectivity index (χ4n) is 2.02. The van der Waals surface area contributed by atoms with Crippen LogP contribution in [0.2, 0.25) is 0 Å². The molecule has 1 aromatic heterocycles. The van der Waals surface area contributed by atoms with Crippen LogP contribution >= 0.6 is 0 Å². The summed E-state index contributed by atoms with van der Waals surface area (Å²) < 4.78 is 16.2. The van der Waals surface area contributed by atoms with Gasteiger partial charge in [-0.3, -0.25) is 4.79 Å². The molecule has 1 heterocycles. The van der Waals surface area contributed by atoms with Crippen LogP contribution in [0.15, 0.2) is 27.4 Å². The Bertz CT molecular complexity index is 648. The van der Waals surface area contributed by atoms with Crippen molar-refractivity contribution >= 4 is 16.9 Å². The molecule has 108 valence electrons. The van der Waals surface area contributed by atoms with Crippen molar-refractivity contribution in [2.45, 2.75) is 19.8 Å². The molecule has 0 bridgehead atoms. The van der Waals surface area contributed by atoms with Crippen LogP contribution in [0.5, 0.6) is 11.5 Å². The van der Waals surface area contributed by atoms with Gasteiger partial charge in [-0.2, -0.15) is 0 Å². The third-order valence-electron chi connectivity index (χ3n) is 3.07. The molecule has 0 amide bonds. The Kier molecular flexibility index (Phi) is 4.50. The largest absolute Gasteiger partial charge is 0.496 e. The summed E-state index contributed by atoms with van der Waals surface area (Å²) in [6, 6.07) is 4.86. The van der Waals surface area contributed by atoms with Gasteiger partial charge >= 0.3 is 0 Å². The fraction of sp³-hybridized carbons (Fsp3) is 0.400. The van der Waals surface area contributed by atoms with E-state index in [1.165, 1.54) is 13.2 Å². The lowest BCUT2D eigenvalue weighted by Gasteiger charge is -2.10. The maximum atomic E-state index is 12.2. The van der Waals surface area contributed by atoms with Crippen molar-refractivity contribution in [2.24, 2.45) is 0 Å². The molecule has 0 saturated heterocycles. The van der Waals surface area contributed by atoms with Gasteiger partial charge in [0.05, 0.1) is 14.2 Å². The van der Waals surface area contributed by atoms with Crippen LogP contribution in [0.1, 0.15) is 19.8 Å². The number of unbranched alkanes of at least 4 members (excludes halogenated alkanes) is 1. The van der Waals surface area contributed by atoms with E-state index in [9.17, 15) is 4.79 Å². The molecular formula is C15H19NO4. The van der Waals surface area contributed by atoms with Crippen molar-refractivity contribution in [1.29, 1.82) is 0 Å². The van der Waals surface area contributed by atoms with Gasteiger partial charge in [0.1, 0.15) is 11.1 Å².